The van der Waals surface area contributed by atoms with E-state index in [-0.39, 0.29) is 41.9 Å². The lowest BCUT2D eigenvalue weighted by Gasteiger charge is -2.13. The van der Waals surface area contributed by atoms with E-state index in [1.807, 2.05) is 44.2 Å². The number of rotatable bonds is 7. The molecule has 34 heavy (non-hydrogen) atoms. The van der Waals surface area contributed by atoms with Crippen LogP contribution in [0.4, 0.5) is 5.69 Å². The van der Waals surface area contributed by atoms with Crippen LogP contribution in [-0.4, -0.2) is 34.6 Å². The highest BCUT2D eigenvalue weighted by molar-refractivity contribution is 6.22. The maximum Gasteiger partial charge on any atom is 0.261 e. The van der Waals surface area contributed by atoms with Gasteiger partial charge in [-0.2, -0.15) is 0 Å². The van der Waals surface area contributed by atoms with Gasteiger partial charge in [-0.25, -0.2) is 0 Å². The SMILES string of the molecule is CC(C)NC(=O)Cc1ccc(NC(=O)c2ccc3c(c2)C(=O)N(Cc2ccccc2)C3=O)cc1. The van der Waals surface area contributed by atoms with Crippen molar-refractivity contribution in [2.45, 2.75) is 32.9 Å². The highest BCUT2D eigenvalue weighted by Gasteiger charge is 2.36. The van der Waals surface area contributed by atoms with Crippen LogP contribution in [0.2, 0.25) is 0 Å². The van der Waals surface area contributed by atoms with Crippen molar-refractivity contribution in [3.63, 3.8) is 0 Å². The van der Waals surface area contributed by atoms with E-state index in [9.17, 15) is 19.2 Å². The normalized spacial score (nSPS) is 12.6. The van der Waals surface area contributed by atoms with Gasteiger partial charge in [0.2, 0.25) is 5.91 Å². The van der Waals surface area contributed by atoms with Crippen molar-refractivity contribution >= 4 is 29.3 Å². The van der Waals surface area contributed by atoms with E-state index in [4.69, 9.17) is 0 Å². The fraction of sp³-hybridized carbons (Fsp3) is 0.185. The second kappa shape index (κ2) is 9.70. The van der Waals surface area contributed by atoms with Gasteiger partial charge in [-0.1, -0.05) is 42.5 Å². The molecule has 1 heterocycles. The number of hydrogen-bond donors (Lipinski definition) is 2. The smallest absolute Gasteiger partial charge is 0.261 e. The summed E-state index contributed by atoms with van der Waals surface area (Å²) < 4.78 is 0. The van der Waals surface area contributed by atoms with Crippen LogP contribution in [0.3, 0.4) is 0 Å². The first-order chi connectivity index (χ1) is 16.3. The van der Waals surface area contributed by atoms with Crippen molar-refractivity contribution in [2.24, 2.45) is 0 Å². The highest BCUT2D eigenvalue weighted by Crippen LogP contribution is 2.26. The van der Waals surface area contributed by atoms with Crippen LogP contribution in [0.25, 0.3) is 0 Å². The summed E-state index contributed by atoms with van der Waals surface area (Å²) in [5, 5.41) is 5.63. The Labute approximate surface area is 197 Å². The van der Waals surface area contributed by atoms with E-state index < -0.39 is 11.8 Å². The summed E-state index contributed by atoms with van der Waals surface area (Å²) in [7, 11) is 0. The number of nitrogens with zero attached hydrogens (tertiary/aromatic N) is 1. The molecule has 0 aliphatic carbocycles. The number of fused-ring (bicyclic) bond motifs is 1. The maximum atomic E-state index is 12.9. The van der Waals surface area contributed by atoms with E-state index in [1.165, 1.54) is 23.1 Å². The Morgan fingerprint density at radius 2 is 1.50 bits per heavy atom. The van der Waals surface area contributed by atoms with Gasteiger partial charge in [-0.05, 0) is 55.3 Å². The second-order valence-electron chi connectivity index (χ2n) is 8.49. The summed E-state index contributed by atoms with van der Waals surface area (Å²) in [6.07, 6.45) is 0.257. The molecule has 0 bridgehead atoms. The second-order valence-corrected chi connectivity index (χ2v) is 8.49. The summed E-state index contributed by atoms with van der Waals surface area (Å²) in [4.78, 5) is 51.5. The Hall–Kier alpha value is -4.26. The molecule has 172 valence electrons. The number of hydrogen-bond acceptors (Lipinski definition) is 4. The van der Waals surface area contributed by atoms with Gasteiger partial charge in [0.25, 0.3) is 17.7 Å². The molecule has 0 saturated carbocycles. The molecule has 2 N–H and O–H groups in total. The molecular formula is C27H25N3O4. The lowest BCUT2D eigenvalue weighted by Crippen LogP contribution is -2.31. The van der Waals surface area contributed by atoms with Crippen LogP contribution in [0.1, 0.15) is 56.0 Å². The minimum atomic E-state index is -0.414. The minimum Gasteiger partial charge on any atom is -0.354 e. The fourth-order valence-electron chi connectivity index (χ4n) is 3.81. The predicted octanol–water partition coefficient (Wildman–Crippen LogP) is 3.80. The molecule has 3 aromatic rings. The average Bonchev–Trinajstić information content (AvgIpc) is 3.05. The van der Waals surface area contributed by atoms with E-state index in [0.717, 1.165) is 11.1 Å². The van der Waals surface area contributed by atoms with Gasteiger partial charge in [0.1, 0.15) is 0 Å². The van der Waals surface area contributed by atoms with Crippen LogP contribution < -0.4 is 10.6 Å². The molecule has 0 fully saturated rings. The Morgan fingerprint density at radius 1 is 0.824 bits per heavy atom. The Kier molecular flexibility index (Phi) is 6.54. The molecule has 7 heteroatoms. The van der Waals surface area contributed by atoms with Gasteiger partial charge in [-0.15, -0.1) is 0 Å². The molecule has 4 amide bonds. The Bertz CT molecular complexity index is 1250. The summed E-state index contributed by atoms with van der Waals surface area (Å²) >= 11 is 0. The number of imide groups is 1. The van der Waals surface area contributed by atoms with Crippen LogP contribution in [-0.2, 0) is 17.8 Å². The zero-order valence-corrected chi connectivity index (χ0v) is 19.0. The van der Waals surface area contributed by atoms with E-state index in [0.29, 0.717) is 11.3 Å². The summed E-state index contributed by atoms with van der Waals surface area (Å²) in [6.45, 7) is 3.98. The lowest BCUT2D eigenvalue weighted by atomic mass is 10.1. The molecule has 0 atom stereocenters. The van der Waals surface area contributed by atoms with Gasteiger partial charge in [-0.3, -0.25) is 24.1 Å². The summed E-state index contributed by atoms with van der Waals surface area (Å²) in [5.74, 6) is -1.24. The topological polar surface area (TPSA) is 95.6 Å². The van der Waals surface area contributed by atoms with Crippen LogP contribution in [0.5, 0.6) is 0 Å². The van der Waals surface area contributed by atoms with Crippen LogP contribution in [0, 0.1) is 0 Å². The third-order valence-corrected chi connectivity index (χ3v) is 5.44. The molecule has 7 nitrogen and oxygen atoms in total. The Balaban J connectivity index is 1.43. The molecule has 3 aromatic carbocycles. The fourth-order valence-corrected chi connectivity index (χ4v) is 3.81. The number of anilines is 1. The standard InChI is InChI=1S/C27H25N3O4/c1-17(2)28-24(31)14-18-8-11-21(12-9-18)29-25(32)20-10-13-22-23(15-20)27(34)30(26(22)33)16-19-6-4-3-5-7-19/h3-13,15,17H,14,16H2,1-2H3,(H,28,31)(H,29,32). The van der Waals surface area contributed by atoms with Crippen molar-refractivity contribution in [2.75, 3.05) is 5.32 Å². The van der Waals surface area contributed by atoms with Gasteiger partial charge in [0, 0.05) is 17.3 Å². The molecule has 4 rings (SSSR count). The summed E-state index contributed by atoms with van der Waals surface area (Å²) in [5.41, 5.74) is 3.03. The van der Waals surface area contributed by atoms with Gasteiger partial charge in [0.15, 0.2) is 0 Å². The Morgan fingerprint density at radius 3 is 2.18 bits per heavy atom. The van der Waals surface area contributed by atoms with Crippen LogP contribution in [0.15, 0.2) is 72.8 Å². The first-order valence-corrected chi connectivity index (χ1v) is 11.1. The number of amides is 4. The summed E-state index contributed by atoms with van der Waals surface area (Å²) in [6, 6.07) is 20.9. The molecule has 0 aromatic heterocycles. The number of carbonyl (C=O) groups excluding carboxylic acids is 4. The predicted molar refractivity (Wildman–Crippen MR) is 128 cm³/mol. The molecule has 0 unspecified atom stereocenters. The molecule has 0 radical (unpaired) electrons. The van der Waals surface area contributed by atoms with Crippen molar-refractivity contribution in [1.29, 1.82) is 0 Å². The molecule has 0 spiro atoms. The van der Waals surface area contributed by atoms with Gasteiger partial charge in [0.05, 0.1) is 24.1 Å². The molecule has 1 aliphatic rings. The van der Waals surface area contributed by atoms with Crippen molar-refractivity contribution < 1.29 is 19.2 Å². The monoisotopic (exact) mass is 455 g/mol. The third kappa shape index (κ3) is 5.04. The first kappa shape index (κ1) is 22.9. The lowest BCUT2D eigenvalue weighted by molar-refractivity contribution is -0.120. The van der Waals surface area contributed by atoms with E-state index in [1.54, 1.807) is 24.3 Å². The highest BCUT2D eigenvalue weighted by atomic mass is 16.2. The number of benzene rings is 3. The van der Waals surface area contributed by atoms with Crippen molar-refractivity contribution in [3.05, 3.63) is 101 Å². The number of carbonyl (C=O) groups is 4. The van der Waals surface area contributed by atoms with E-state index in [2.05, 4.69) is 10.6 Å². The zero-order chi connectivity index (χ0) is 24.2. The molecule has 1 aliphatic heterocycles. The zero-order valence-electron chi connectivity index (χ0n) is 19.0. The van der Waals surface area contributed by atoms with Crippen molar-refractivity contribution in [1.82, 2.24) is 10.2 Å². The quantitative estimate of drug-likeness (QED) is 0.530. The average molecular weight is 456 g/mol. The number of nitrogens with one attached hydrogen (secondary N) is 2. The van der Waals surface area contributed by atoms with Crippen molar-refractivity contribution in [3.8, 4) is 0 Å². The first-order valence-electron chi connectivity index (χ1n) is 11.1. The largest absolute Gasteiger partial charge is 0.354 e. The molecule has 0 saturated heterocycles. The maximum absolute atomic E-state index is 12.9. The van der Waals surface area contributed by atoms with Gasteiger partial charge >= 0.3 is 0 Å². The van der Waals surface area contributed by atoms with E-state index >= 15 is 0 Å². The molecular weight excluding hydrogens is 430 g/mol. The van der Waals surface area contributed by atoms with Gasteiger partial charge < -0.3 is 10.6 Å². The van der Waals surface area contributed by atoms with Crippen LogP contribution >= 0.6 is 0 Å². The minimum absolute atomic E-state index is 0.0644. The third-order valence-electron chi connectivity index (χ3n) is 5.44.